The van der Waals surface area contributed by atoms with E-state index in [1.807, 2.05) is 30.6 Å². The van der Waals surface area contributed by atoms with E-state index in [1.54, 1.807) is 0 Å². The monoisotopic (exact) mass is 324 g/mol. The van der Waals surface area contributed by atoms with E-state index in [0.717, 1.165) is 25.2 Å². The fraction of sp³-hybridized carbons (Fsp3) is 0.389. The summed E-state index contributed by atoms with van der Waals surface area (Å²) in [5.41, 5.74) is 2.26. The molecule has 1 aromatic heterocycles. The minimum atomic E-state index is -0.0424. The van der Waals surface area contributed by atoms with E-state index in [1.165, 1.54) is 5.56 Å². The SMILES string of the molecule is O=C1OC[C@H]2CN(Cc3cnc(NCc4ccccc4)nc3)C[C@@H]12. The van der Waals surface area contributed by atoms with Crippen LogP contribution < -0.4 is 5.32 Å². The molecule has 2 aliphatic heterocycles. The highest BCUT2D eigenvalue weighted by atomic mass is 16.5. The van der Waals surface area contributed by atoms with E-state index in [9.17, 15) is 4.79 Å². The van der Waals surface area contributed by atoms with Crippen molar-refractivity contribution in [1.29, 1.82) is 0 Å². The number of fused-ring (bicyclic) bond motifs is 1. The number of carbonyl (C=O) groups is 1. The number of nitrogens with one attached hydrogen (secondary N) is 1. The van der Waals surface area contributed by atoms with Crippen molar-refractivity contribution in [2.45, 2.75) is 13.1 Å². The summed E-state index contributed by atoms with van der Waals surface area (Å²) in [6, 6.07) is 10.2. The van der Waals surface area contributed by atoms with Crippen LogP contribution >= 0.6 is 0 Å². The lowest BCUT2D eigenvalue weighted by atomic mass is 10.0. The number of hydrogen-bond donors (Lipinski definition) is 1. The second-order valence-electron chi connectivity index (χ2n) is 6.44. The summed E-state index contributed by atoms with van der Waals surface area (Å²) in [6.07, 6.45) is 3.71. The molecule has 1 aromatic carbocycles. The lowest BCUT2D eigenvalue weighted by Crippen LogP contribution is -2.23. The van der Waals surface area contributed by atoms with Gasteiger partial charge >= 0.3 is 5.97 Å². The molecule has 2 atom stereocenters. The van der Waals surface area contributed by atoms with E-state index < -0.39 is 0 Å². The molecule has 3 heterocycles. The van der Waals surface area contributed by atoms with Crippen LogP contribution in [-0.4, -0.2) is 40.5 Å². The zero-order chi connectivity index (χ0) is 16.4. The van der Waals surface area contributed by atoms with Crippen LogP contribution in [0.5, 0.6) is 0 Å². The molecule has 24 heavy (non-hydrogen) atoms. The molecule has 0 spiro atoms. The fourth-order valence-electron chi connectivity index (χ4n) is 3.38. The Labute approximate surface area is 140 Å². The van der Waals surface area contributed by atoms with Crippen LogP contribution in [0.25, 0.3) is 0 Å². The molecular formula is C18H20N4O2. The number of anilines is 1. The average Bonchev–Trinajstić information content (AvgIpc) is 3.17. The van der Waals surface area contributed by atoms with Crippen molar-refractivity contribution in [3.8, 4) is 0 Å². The van der Waals surface area contributed by atoms with Gasteiger partial charge in [0.15, 0.2) is 0 Å². The smallest absolute Gasteiger partial charge is 0.310 e. The van der Waals surface area contributed by atoms with Gasteiger partial charge in [0.05, 0.1) is 12.5 Å². The van der Waals surface area contributed by atoms with Gasteiger partial charge < -0.3 is 10.1 Å². The third kappa shape index (κ3) is 3.23. The number of esters is 1. The normalized spacial score (nSPS) is 23.1. The van der Waals surface area contributed by atoms with Gasteiger partial charge in [0, 0.05) is 50.1 Å². The Hall–Kier alpha value is -2.47. The summed E-state index contributed by atoms with van der Waals surface area (Å²) >= 11 is 0. The Bertz CT molecular complexity index is 705. The largest absolute Gasteiger partial charge is 0.465 e. The first-order valence-corrected chi connectivity index (χ1v) is 8.25. The summed E-state index contributed by atoms with van der Waals surface area (Å²) in [6.45, 7) is 3.73. The van der Waals surface area contributed by atoms with Crippen molar-refractivity contribution >= 4 is 11.9 Å². The number of carbonyl (C=O) groups excluding carboxylic acids is 1. The lowest BCUT2D eigenvalue weighted by Gasteiger charge is -2.16. The van der Waals surface area contributed by atoms with E-state index in [4.69, 9.17) is 4.74 Å². The van der Waals surface area contributed by atoms with Gasteiger partial charge in [-0.3, -0.25) is 9.69 Å². The lowest BCUT2D eigenvalue weighted by molar-refractivity contribution is -0.141. The molecule has 6 nitrogen and oxygen atoms in total. The molecule has 0 saturated carbocycles. The topological polar surface area (TPSA) is 67.3 Å². The van der Waals surface area contributed by atoms with Crippen LogP contribution in [0.4, 0.5) is 5.95 Å². The average molecular weight is 324 g/mol. The summed E-state index contributed by atoms with van der Waals surface area (Å²) in [5.74, 6) is 0.992. The minimum absolute atomic E-state index is 0.0424. The highest BCUT2D eigenvalue weighted by Gasteiger charge is 2.43. The Kier molecular flexibility index (Phi) is 4.13. The molecule has 2 aliphatic rings. The van der Waals surface area contributed by atoms with Crippen molar-refractivity contribution in [2.24, 2.45) is 11.8 Å². The molecule has 2 aromatic rings. The first-order valence-electron chi connectivity index (χ1n) is 8.25. The maximum Gasteiger partial charge on any atom is 0.310 e. The number of likely N-dealkylation sites (tertiary alicyclic amines) is 1. The number of hydrogen-bond acceptors (Lipinski definition) is 6. The fourth-order valence-corrected chi connectivity index (χ4v) is 3.38. The van der Waals surface area contributed by atoms with Crippen molar-refractivity contribution in [2.75, 3.05) is 25.0 Å². The number of nitrogens with zero attached hydrogens (tertiary/aromatic N) is 3. The molecule has 0 amide bonds. The summed E-state index contributed by atoms with van der Waals surface area (Å²) in [7, 11) is 0. The van der Waals surface area contributed by atoms with Crippen molar-refractivity contribution in [3.63, 3.8) is 0 Å². The Morgan fingerprint density at radius 2 is 1.92 bits per heavy atom. The van der Waals surface area contributed by atoms with E-state index in [-0.39, 0.29) is 11.9 Å². The number of aromatic nitrogens is 2. The second kappa shape index (κ2) is 6.57. The second-order valence-corrected chi connectivity index (χ2v) is 6.44. The first kappa shape index (κ1) is 15.1. The molecule has 124 valence electrons. The molecule has 0 unspecified atom stereocenters. The standard InChI is InChI=1S/C18H20N4O2/c23-17-16-11-22(10-15(16)12-24-17)9-14-7-20-18(21-8-14)19-6-13-4-2-1-3-5-13/h1-5,7-8,15-16H,6,9-12H2,(H,19,20,21)/t15-,16-/m1/s1. The van der Waals surface area contributed by atoms with Gasteiger partial charge in [-0.05, 0) is 5.56 Å². The molecule has 0 radical (unpaired) electrons. The predicted molar refractivity (Wildman–Crippen MR) is 89.0 cm³/mol. The molecule has 0 bridgehead atoms. The van der Waals surface area contributed by atoms with Crippen molar-refractivity contribution in [1.82, 2.24) is 14.9 Å². The highest BCUT2D eigenvalue weighted by Crippen LogP contribution is 2.30. The van der Waals surface area contributed by atoms with Crippen molar-refractivity contribution in [3.05, 3.63) is 53.9 Å². The first-order chi connectivity index (χ1) is 11.8. The summed E-state index contributed by atoms with van der Waals surface area (Å²) < 4.78 is 5.10. The molecule has 2 fully saturated rings. The molecule has 0 aliphatic carbocycles. The molecule has 6 heteroatoms. The van der Waals surface area contributed by atoms with Gasteiger partial charge in [-0.15, -0.1) is 0 Å². The van der Waals surface area contributed by atoms with Gasteiger partial charge in [0.25, 0.3) is 0 Å². The maximum absolute atomic E-state index is 11.6. The number of cyclic esters (lactones) is 1. The molecule has 4 rings (SSSR count). The van der Waals surface area contributed by atoms with Crippen LogP contribution in [0.3, 0.4) is 0 Å². The van der Waals surface area contributed by atoms with Crippen LogP contribution in [0, 0.1) is 11.8 Å². The Morgan fingerprint density at radius 3 is 2.67 bits per heavy atom. The third-order valence-electron chi connectivity index (χ3n) is 4.66. The van der Waals surface area contributed by atoms with Crippen LogP contribution in [-0.2, 0) is 22.6 Å². The third-order valence-corrected chi connectivity index (χ3v) is 4.66. The minimum Gasteiger partial charge on any atom is -0.465 e. The van der Waals surface area contributed by atoms with E-state index in [0.29, 0.717) is 25.0 Å². The quantitative estimate of drug-likeness (QED) is 0.844. The van der Waals surface area contributed by atoms with Gasteiger partial charge in [0.2, 0.25) is 5.95 Å². The van der Waals surface area contributed by atoms with E-state index >= 15 is 0 Å². The Morgan fingerprint density at radius 1 is 1.12 bits per heavy atom. The van der Waals surface area contributed by atoms with Gasteiger partial charge in [0.1, 0.15) is 0 Å². The molecular weight excluding hydrogens is 304 g/mol. The summed E-state index contributed by atoms with van der Waals surface area (Å²) in [5, 5.41) is 3.22. The van der Waals surface area contributed by atoms with E-state index in [2.05, 4.69) is 32.3 Å². The molecule has 2 saturated heterocycles. The zero-order valence-electron chi connectivity index (χ0n) is 13.4. The Balaban J connectivity index is 1.31. The van der Waals surface area contributed by atoms with Crippen LogP contribution in [0.1, 0.15) is 11.1 Å². The summed E-state index contributed by atoms with van der Waals surface area (Å²) in [4.78, 5) is 22.7. The van der Waals surface area contributed by atoms with Gasteiger partial charge in [-0.1, -0.05) is 30.3 Å². The van der Waals surface area contributed by atoms with Gasteiger partial charge in [-0.25, -0.2) is 9.97 Å². The number of ether oxygens (including phenoxy) is 1. The molecule has 1 N–H and O–H groups in total. The van der Waals surface area contributed by atoms with Gasteiger partial charge in [-0.2, -0.15) is 0 Å². The number of benzene rings is 1. The zero-order valence-corrected chi connectivity index (χ0v) is 13.4. The number of rotatable bonds is 5. The highest BCUT2D eigenvalue weighted by molar-refractivity contribution is 5.75. The van der Waals surface area contributed by atoms with Crippen LogP contribution in [0.2, 0.25) is 0 Å². The maximum atomic E-state index is 11.6. The predicted octanol–water partition coefficient (Wildman–Crippen LogP) is 1.69. The van der Waals surface area contributed by atoms with Crippen LogP contribution in [0.15, 0.2) is 42.7 Å². The van der Waals surface area contributed by atoms with Crippen molar-refractivity contribution < 1.29 is 9.53 Å².